The highest BCUT2D eigenvalue weighted by molar-refractivity contribution is 7.89. The van der Waals surface area contributed by atoms with Gasteiger partial charge in [0.1, 0.15) is 23.1 Å². The summed E-state index contributed by atoms with van der Waals surface area (Å²) < 4.78 is 44.6. The van der Waals surface area contributed by atoms with Gasteiger partial charge in [-0.3, -0.25) is 0 Å². The molecule has 0 spiro atoms. The summed E-state index contributed by atoms with van der Waals surface area (Å²) in [5.41, 5.74) is 2.54. The van der Waals surface area contributed by atoms with Crippen molar-refractivity contribution >= 4 is 27.0 Å². The molecule has 38 heavy (non-hydrogen) atoms. The smallest absolute Gasteiger partial charge is 0.336 e. The summed E-state index contributed by atoms with van der Waals surface area (Å²) >= 11 is 0. The number of sulfonamides is 1. The van der Waals surface area contributed by atoms with Crippen molar-refractivity contribution in [3.8, 4) is 22.6 Å². The lowest BCUT2D eigenvalue weighted by Gasteiger charge is -2.18. The molecule has 0 saturated heterocycles. The summed E-state index contributed by atoms with van der Waals surface area (Å²) in [5, 5.41) is 0.664. The average molecular weight is 536 g/mol. The number of esters is 1. The minimum atomic E-state index is -3.95. The first kappa shape index (κ1) is 27.1. The number of methoxy groups -OCH3 is 1. The van der Waals surface area contributed by atoms with Crippen molar-refractivity contribution < 1.29 is 27.1 Å². The van der Waals surface area contributed by atoms with Crippen molar-refractivity contribution in [2.75, 3.05) is 7.11 Å². The van der Waals surface area contributed by atoms with Crippen LogP contribution in [0.5, 0.6) is 11.5 Å². The predicted molar refractivity (Wildman–Crippen MR) is 145 cm³/mol. The van der Waals surface area contributed by atoms with Gasteiger partial charge in [-0.1, -0.05) is 43.2 Å². The van der Waals surface area contributed by atoms with Crippen LogP contribution in [0.3, 0.4) is 0 Å². The molecule has 4 rings (SSSR count). The fraction of sp³-hybridized carbons (Fsp3) is 0.241. The van der Waals surface area contributed by atoms with E-state index in [9.17, 15) is 18.0 Å². The lowest BCUT2D eigenvalue weighted by atomic mass is 10.00. The zero-order chi connectivity index (χ0) is 27.4. The molecule has 9 heteroatoms. The van der Waals surface area contributed by atoms with E-state index in [1.165, 1.54) is 18.2 Å². The molecular formula is C29H29NO7S. The van der Waals surface area contributed by atoms with E-state index in [0.717, 1.165) is 11.1 Å². The number of carbonyl (C=O) groups is 1. The third kappa shape index (κ3) is 5.79. The van der Waals surface area contributed by atoms with Crippen LogP contribution in [0.15, 0.2) is 80.8 Å². The highest BCUT2D eigenvalue weighted by Crippen LogP contribution is 2.34. The van der Waals surface area contributed by atoms with Crippen LogP contribution in [-0.2, 0) is 14.8 Å². The van der Waals surface area contributed by atoms with Crippen molar-refractivity contribution in [2.24, 2.45) is 0 Å². The van der Waals surface area contributed by atoms with E-state index in [2.05, 4.69) is 4.72 Å². The highest BCUT2D eigenvalue weighted by atomic mass is 32.2. The van der Waals surface area contributed by atoms with Crippen LogP contribution in [-0.4, -0.2) is 27.5 Å². The summed E-state index contributed by atoms with van der Waals surface area (Å²) in [6.07, 6.45) is 0.792. The average Bonchev–Trinajstić information content (AvgIpc) is 2.90. The standard InChI is InChI=1S/C29H29NO7S/c1-5-6-25(30-38(33,34)22-13-7-18(2)8-14-22)29(32)36-26-16-15-23-24(17-27(31)37-28(23)19(26)3)20-9-11-21(35-4)12-10-20/h7-17,25,30H,5-6H2,1-4H3/t25-/m0/s1. The molecule has 3 aromatic carbocycles. The number of benzene rings is 3. The molecule has 1 atom stereocenters. The van der Waals surface area contributed by atoms with Crippen LogP contribution < -0.4 is 19.8 Å². The first-order chi connectivity index (χ1) is 18.1. The van der Waals surface area contributed by atoms with E-state index in [-0.39, 0.29) is 22.6 Å². The van der Waals surface area contributed by atoms with Gasteiger partial charge in [0, 0.05) is 17.0 Å². The van der Waals surface area contributed by atoms with Crippen molar-refractivity contribution in [1.82, 2.24) is 4.72 Å². The van der Waals surface area contributed by atoms with Crippen LogP contribution >= 0.6 is 0 Å². The summed E-state index contributed by atoms with van der Waals surface area (Å²) in [6, 6.07) is 17.3. The van der Waals surface area contributed by atoms with Crippen LogP contribution in [0.4, 0.5) is 0 Å². The van der Waals surface area contributed by atoms with Gasteiger partial charge in [-0.25, -0.2) is 18.0 Å². The largest absolute Gasteiger partial charge is 0.497 e. The van der Waals surface area contributed by atoms with E-state index in [4.69, 9.17) is 13.9 Å². The minimum Gasteiger partial charge on any atom is -0.497 e. The minimum absolute atomic E-state index is 0.0618. The third-order valence-corrected chi connectivity index (χ3v) is 7.70. The van der Waals surface area contributed by atoms with Gasteiger partial charge in [-0.15, -0.1) is 0 Å². The first-order valence-electron chi connectivity index (χ1n) is 12.2. The molecule has 1 aromatic heterocycles. The molecule has 8 nitrogen and oxygen atoms in total. The number of hydrogen-bond acceptors (Lipinski definition) is 7. The summed E-state index contributed by atoms with van der Waals surface area (Å²) in [5.74, 6) is 0.109. The highest BCUT2D eigenvalue weighted by Gasteiger charge is 2.27. The Morgan fingerprint density at radius 1 is 1.00 bits per heavy atom. The molecule has 0 radical (unpaired) electrons. The van der Waals surface area contributed by atoms with Crippen LogP contribution in [0, 0.1) is 13.8 Å². The lowest BCUT2D eigenvalue weighted by molar-refractivity contribution is -0.136. The fourth-order valence-corrected chi connectivity index (χ4v) is 5.35. The van der Waals surface area contributed by atoms with E-state index < -0.39 is 27.7 Å². The van der Waals surface area contributed by atoms with E-state index in [1.54, 1.807) is 50.4 Å². The molecule has 0 aliphatic rings. The molecule has 198 valence electrons. The quantitative estimate of drug-likeness (QED) is 0.179. The molecule has 0 unspecified atom stereocenters. The normalized spacial score (nSPS) is 12.3. The molecule has 0 saturated carbocycles. The maximum Gasteiger partial charge on any atom is 0.336 e. The van der Waals surface area contributed by atoms with Gasteiger partial charge >= 0.3 is 11.6 Å². The van der Waals surface area contributed by atoms with Gasteiger partial charge in [0.2, 0.25) is 10.0 Å². The second-order valence-electron chi connectivity index (χ2n) is 8.97. The molecule has 4 aromatic rings. The molecule has 0 bridgehead atoms. The summed E-state index contributed by atoms with van der Waals surface area (Å²) in [6.45, 7) is 5.38. The van der Waals surface area contributed by atoms with Gasteiger partial charge in [-0.05, 0) is 67.8 Å². The van der Waals surface area contributed by atoms with E-state index in [0.29, 0.717) is 28.7 Å². The van der Waals surface area contributed by atoms with Gasteiger partial charge in [0.05, 0.1) is 12.0 Å². The van der Waals surface area contributed by atoms with Gasteiger partial charge in [-0.2, -0.15) is 4.72 Å². The Hall–Kier alpha value is -3.95. The first-order valence-corrected chi connectivity index (χ1v) is 13.6. The SMILES string of the molecule is CCC[C@H](NS(=O)(=O)c1ccc(C)cc1)C(=O)Oc1ccc2c(-c3ccc(OC)cc3)cc(=O)oc2c1C. The van der Waals surface area contributed by atoms with Crippen molar-refractivity contribution in [3.05, 3.63) is 88.3 Å². The second-order valence-corrected chi connectivity index (χ2v) is 10.7. The Morgan fingerprint density at radius 2 is 1.68 bits per heavy atom. The number of rotatable bonds is 9. The molecule has 0 aliphatic heterocycles. The van der Waals surface area contributed by atoms with Crippen LogP contribution in [0.1, 0.15) is 30.9 Å². The van der Waals surface area contributed by atoms with Gasteiger partial charge < -0.3 is 13.9 Å². The number of ether oxygens (including phenoxy) is 2. The molecule has 0 aliphatic carbocycles. The Morgan fingerprint density at radius 3 is 2.32 bits per heavy atom. The Balaban J connectivity index is 1.64. The van der Waals surface area contributed by atoms with E-state index >= 15 is 0 Å². The number of hydrogen-bond donors (Lipinski definition) is 1. The Bertz CT molecular complexity index is 1620. The summed E-state index contributed by atoms with van der Waals surface area (Å²) in [7, 11) is -2.37. The van der Waals surface area contributed by atoms with Gasteiger partial charge in [0.25, 0.3) is 0 Å². The number of carbonyl (C=O) groups excluding carboxylic acids is 1. The molecule has 1 N–H and O–H groups in total. The predicted octanol–water partition coefficient (Wildman–Crippen LogP) is 5.14. The van der Waals surface area contributed by atoms with Crippen molar-refractivity contribution in [3.63, 3.8) is 0 Å². The maximum absolute atomic E-state index is 13.1. The van der Waals surface area contributed by atoms with Gasteiger partial charge in [0.15, 0.2) is 0 Å². The number of fused-ring (bicyclic) bond motifs is 1. The van der Waals surface area contributed by atoms with E-state index in [1.807, 2.05) is 26.0 Å². The fourth-order valence-electron chi connectivity index (χ4n) is 4.13. The Kier molecular flexibility index (Phi) is 7.99. The maximum atomic E-state index is 13.1. The second kappa shape index (κ2) is 11.2. The molecular weight excluding hydrogens is 506 g/mol. The zero-order valence-corrected chi connectivity index (χ0v) is 22.4. The third-order valence-electron chi connectivity index (χ3n) is 6.21. The Labute approximate surface area is 221 Å². The zero-order valence-electron chi connectivity index (χ0n) is 21.6. The molecule has 0 fully saturated rings. The van der Waals surface area contributed by atoms with Crippen LogP contribution in [0.25, 0.3) is 22.1 Å². The number of aryl methyl sites for hydroxylation is 2. The molecule has 1 heterocycles. The topological polar surface area (TPSA) is 112 Å². The summed E-state index contributed by atoms with van der Waals surface area (Å²) in [4.78, 5) is 25.6. The lowest BCUT2D eigenvalue weighted by Crippen LogP contribution is -2.42. The van der Waals surface area contributed by atoms with Crippen LogP contribution in [0.2, 0.25) is 0 Å². The van der Waals surface area contributed by atoms with Crippen molar-refractivity contribution in [2.45, 2.75) is 44.6 Å². The monoisotopic (exact) mass is 535 g/mol. The number of nitrogens with one attached hydrogen (secondary N) is 1. The molecule has 0 amide bonds. The van der Waals surface area contributed by atoms with Crippen molar-refractivity contribution in [1.29, 1.82) is 0 Å².